The Morgan fingerprint density at radius 3 is 2.36 bits per heavy atom. The average Bonchev–Trinajstić information content (AvgIpc) is 2.81. The van der Waals surface area contributed by atoms with E-state index in [9.17, 15) is 17.6 Å². The molecule has 33 heavy (non-hydrogen) atoms. The van der Waals surface area contributed by atoms with E-state index < -0.39 is 23.3 Å². The monoisotopic (exact) mass is 444 g/mol. The Labute approximate surface area is 190 Å². The molecule has 0 atom stereocenters. The first kappa shape index (κ1) is 22.4. The van der Waals surface area contributed by atoms with Crippen molar-refractivity contribution in [1.29, 1.82) is 0 Å². The third-order valence-electron chi connectivity index (χ3n) is 5.40. The normalized spacial score (nSPS) is 11.1. The van der Waals surface area contributed by atoms with Crippen molar-refractivity contribution < 1.29 is 17.6 Å². The van der Waals surface area contributed by atoms with E-state index >= 15 is 0 Å². The highest BCUT2D eigenvalue weighted by molar-refractivity contribution is 5.84. The molecule has 4 aromatic carbocycles. The van der Waals surface area contributed by atoms with Gasteiger partial charge in [0.25, 0.3) is 0 Å². The minimum absolute atomic E-state index is 0.158. The fraction of sp³-hybridized carbons (Fsp3) is 0.103. The maximum Gasteiger partial charge on any atom is 0.166 e. The first-order valence-corrected chi connectivity index (χ1v) is 10.6. The van der Waals surface area contributed by atoms with Gasteiger partial charge in [-0.15, -0.1) is 0 Å². The first-order valence-electron chi connectivity index (χ1n) is 10.6. The van der Waals surface area contributed by atoms with Crippen LogP contribution in [0.25, 0.3) is 21.9 Å². The number of benzene rings is 4. The minimum Gasteiger partial charge on any atom is -0.206 e. The third kappa shape index (κ3) is 4.99. The molecule has 0 aliphatic heterocycles. The van der Waals surface area contributed by atoms with Crippen molar-refractivity contribution in [2.24, 2.45) is 0 Å². The van der Waals surface area contributed by atoms with Gasteiger partial charge in [0.15, 0.2) is 11.6 Å². The molecule has 0 bridgehead atoms. The van der Waals surface area contributed by atoms with E-state index in [-0.39, 0.29) is 10.9 Å². The maximum absolute atomic E-state index is 14.7. The molecule has 0 aliphatic rings. The third-order valence-corrected chi connectivity index (χ3v) is 5.40. The average molecular weight is 444 g/mol. The molecule has 0 fully saturated rings. The summed E-state index contributed by atoms with van der Waals surface area (Å²) in [7, 11) is 0. The SMILES string of the molecule is C/C=C/CCc1ccc(-c2ccc(C#Cc3ccc4c(F)c(F)ccc4c3)c(F)c2)c(F)c1. The lowest BCUT2D eigenvalue weighted by Crippen LogP contribution is -1.92. The molecule has 0 nitrogen and oxygen atoms in total. The molecule has 0 aliphatic carbocycles. The van der Waals surface area contributed by atoms with Crippen LogP contribution in [0.2, 0.25) is 0 Å². The van der Waals surface area contributed by atoms with Gasteiger partial charge >= 0.3 is 0 Å². The molecular formula is C29H20F4. The van der Waals surface area contributed by atoms with Crippen molar-refractivity contribution in [1.82, 2.24) is 0 Å². The zero-order chi connectivity index (χ0) is 23.4. The molecule has 4 heteroatoms. The van der Waals surface area contributed by atoms with E-state index in [1.165, 1.54) is 30.3 Å². The molecule has 0 saturated carbocycles. The van der Waals surface area contributed by atoms with Gasteiger partial charge in [-0.3, -0.25) is 0 Å². The quantitative estimate of drug-likeness (QED) is 0.170. The predicted molar refractivity (Wildman–Crippen MR) is 125 cm³/mol. The zero-order valence-corrected chi connectivity index (χ0v) is 17.9. The van der Waals surface area contributed by atoms with E-state index in [0.29, 0.717) is 22.1 Å². The van der Waals surface area contributed by atoms with Crippen molar-refractivity contribution in [3.05, 3.63) is 119 Å². The lowest BCUT2D eigenvalue weighted by Gasteiger charge is -2.07. The van der Waals surface area contributed by atoms with Crippen LogP contribution < -0.4 is 0 Å². The summed E-state index contributed by atoms with van der Waals surface area (Å²) in [5, 5.41) is 0.659. The fourth-order valence-corrected chi connectivity index (χ4v) is 3.63. The maximum atomic E-state index is 14.7. The van der Waals surface area contributed by atoms with Gasteiger partial charge in [-0.2, -0.15) is 0 Å². The standard InChI is InChI=1S/C29H20F4/c1-2-3-4-5-19-7-13-24(28(32)17-19)23-11-10-21(27(31)18-23)9-6-20-8-14-25-22(16-20)12-15-26(30)29(25)33/h2-3,7-8,10-18H,4-5H2,1H3/b3-2+. The Hall–Kier alpha value is -3.84. The van der Waals surface area contributed by atoms with E-state index in [2.05, 4.69) is 11.8 Å². The van der Waals surface area contributed by atoms with Crippen LogP contribution in [0.1, 0.15) is 30.0 Å². The molecule has 0 heterocycles. The van der Waals surface area contributed by atoms with Crippen LogP contribution in [-0.4, -0.2) is 0 Å². The fourth-order valence-electron chi connectivity index (χ4n) is 3.63. The van der Waals surface area contributed by atoms with Crippen molar-refractivity contribution in [2.75, 3.05) is 0 Å². The highest BCUT2D eigenvalue weighted by Gasteiger charge is 2.10. The number of halogens is 4. The number of hydrogen-bond acceptors (Lipinski definition) is 0. The summed E-state index contributed by atoms with van der Waals surface area (Å²) >= 11 is 0. The van der Waals surface area contributed by atoms with Crippen molar-refractivity contribution >= 4 is 10.8 Å². The van der Waals surface area contributed by atoms with Crippen molar-refractivity contribution in [3.8, 4) is 23.0 Å². The number of aryl methyl sites for hydroxylation is 1. The Balaban J connectivity index is 1.57. The lowest BCUT2D eigenvalue weighted by atomic mass is 10.00. The van der Waals surface area contributed by atoms with Crippen molar-refractivity contribution in [3.63, 3.8) is 0 Å². The molecule has 0 aromatic heterocycles. The van der Waals surface area contributed by atoms with Crippen LogP contribution in [0.4, 0.5) is 17.6 Å². The molecule has 4 aromatic rings. The topological polar surface area (TPSA) is 0 Å². The highest BCUT2D eigenvalue weighted by Crippen LogP contribution is 2.26. The van der Waals surface area contributed by atoms with Crippen LogP contribution in [0.5, 0.6) is 0 Å². The molecule has 0 N–H and O–H groups in total. The van der Waals surface area contributed by atoms with Crippen molar-refractivity contribution in [2.45, 2.75) is 19.8 Å². The van der Waals surface area contributed by atoms with Gasteiger partial charge in [-0.1, -0.05) is 54.3 Å². The van der Waals surface area contributed by atoms with Crippen LogP contribution in [-0.2, 0) is 6.42 Å². The van der Waals surface area contributed by atoms with E-state index in [1.54, 1.807) is 24.3 Å². The van der Waals surface area contributed by atoms with E-state index in [4.69, 9.17) is 0 Å². The highest BCUT2D eigenvalue weighted by atomic mass is 19.2. The Bertz CT molecular complexity index is 1420. The first-order chi connectivity index (χ1) is 16.0. The summed E-state index contributed by atoms with van der Waals surface area (Å²) in [5.74, 6) is 2.82. The summed E-state index contributed by atoms with van der Waals surface area (Å²) < 4.78 is 56.5. The van der Waals surface area contributed by atoms with E-state index in [0.717, 1.165) is 24.5 Å². The summed E-state index contributed by atoms with van der Waals surface area (Å²) in [6.07, 6.45) is 5.55. The predicted octanol–water partition coefficient (Wildman–Crippen LogP) is 7.97. The Morgan fingerprint density at radius 1 is 0.758 bits per heavy atom. The number of allylic oxidation sites excluding steroid dienone is 2. The Morgan fingerprint density at radius 2 is 1.61 bits per heavy atom. The van der Waals surface area contributed by atoms with Gasteiger partial charge in [-0.05, 0) is 72.7 Å². The molecule has 0 saturated heterocycles. The summed E-state index contributed by atoms with van der Waals surface area (Å²) in [4.78, 5) is 0. The second-order valence-electron chi connectivity index (χ2n) is 7.66. The molecular weight excluding hydrogens is 424 g/mol. The molecule has 4 rings (SSSR count). The van der Waals surface area contributed by atoms with Gasteiger partial charge in [0.1, 0.15) is 11.6 Å². The molecule has 0 radical (unpaired) electrons. The van der Waals surface area contributed by atoms with Gasteiger partial charge < -0.3 is 0 Å². The van der Waals surface area contributed by atoms with Crippen LogP contribution in [0.3, 0.4) is 0 Å². The Kier molecular flexibility index (Phi) is 6.60. The van der Waals surface area contributed by atoms with Gasteiger partial charge in [0, 0.05) is 16.5 Å². The van der Waals surface area contributed by atoms with Gasteiger partial charge in [0.05, 0.1) is 5.56 Å². The van der Waals surface area contributed by atoms with Crippen LogP contribution in [0, 0.1) is 35.1 Å². The number of fused-ring (bicyclic) bond motifs is 1. The molecule has 0 amide bonds. The van der Waals surface area contributed by atoms with Gasteiger partial charge in [-0.25, -0.2) is 17.6 Å². The summed E-state index contributed by atoms with van der Waals surface area (Å²) in [5.41, 5.74) is 2.34. The molecule has 164 valence electrons. The number of rotatable bonds is 4. The zero-order valence-electron chi connectivity index (χ0n) is 17.9. The summed E-state index contributed by atoms with van der Waals surface area (Å²) in [6.45, 7) is 1.94. The molecule has 0 unspecified atom stereocenters. The van der Waals surface area contributed by atoms with E-state index in [1.807, 2.05) is 25.1 Å². The largest absolute Gasteiger partial charge is 0.206 e. The lowest BCUT2D eigenvalue weighted by molar-refractivity contribution is 0.517. The second kappa shape index (κ2) is 9.75. The van der Waals surface area contributed by atoms with Crippen LogP contribution >= 0.6 is 0 Å². The van der Waals surface area contributed by atoms with Gasteiger partial charge in [0.2, 0.25) is 0 Å². The summed E-state index contributed by atoms with van der Waals surface area (Å²) in [6, 6.07) is 16.5. The second-order valence-corrected chi connectivity index (χ2v) is 7.66. The number of hydrogen-bond donors (Lipinski definition) is 0. The van der Waals surface area contributed by atoms with Crippen LogP contribution in [0.15, 0.2) is 78.9 Å². The minimum atomic E-state index is -0.914. The smallest absolute Gasteiger partial charge is 0.166 e. The molecule has 0 spiro atoms.